The van der Waals surface area contributed by atoms with Crippen LogP contribution in [0.2, 0.25) is 0 Å². The maximum Gasteiger partial charge on any atom is 0.0984 e. The standard InChI is InChI=1S/C7H13NO2/c1-2-8-6-4-10-7(6)5-9-3-1/h6-8H,1-5H2. The Morgan fingerprint density at radius 2 is 2.30 bits per heavy atom. The van der Waals surface area contributed by atoms with Crippen LogP contribution in [0.5, 0.6) is 0 Å². The molecule has 1 N–H and O–H groups in total. The van der Waals surface area contributed by atoms with Crippen molar-refractivity contribution in [3.63, 3.8) is 0 Å². The maximum atomic E-state index is 5.34. The van der Waals surface area contributed by atoms with E-state index in [9.17, 15) is 0 Å². The number of hydrogen-bond acceptors (Lipinski definition) is 3. The first-order valence-electron chi connectivity index (χ1n) is 3.89. The van der Waals surface area contributed by atoms with E-state index in [1.165, 1.54) is 0 Å². The quantitative estimate of drug-likeness (QED) is 0.508. The van der Waals surface area contributed by atoms with Crippen LogP contribution in [0.1, 0.15) is 6.42 Å². The summed E-state index contributed by atoms with van der Waals surface area (Å²) in [5.41, 5.74) is 0. The highest BCUT2D eigenvalue weighted by Crippen LogP contribution is 2.14. The molecule has 10 heavy (non-hydrogen) atoms. The first kappa shape index (κ1) is 6.58. The molecule has 2 rings (SSSR count). The molecule has 0 spiro atoms. The monoisotopic (exact) mass is 143 g/mol. The fraction of sp³-hybridized carbons (Fsp3) is 1.00. The Morgan fingerprint density at radius 1 is 1.30 bits per heavy atom. The third-order valence-corrected chi connectivity index (χ3v) is 2.09. The Kier molecular flexibility index (Phi) is 1.88. The molecule has 3 nitrogen and oxygen atoms in total. The lowest BCUT2D eigenvalue weighted by Gasteiger charge is -2.38. The highest BCUT2D eigenvalue weighted by Gasteiger charge is 2.32. The van der Waals surface area contributed by atoms with E-state index in [0.717, 1.165) is 32.8 Å². The molecule has 58 valence electrons. The molecule has 0 bridgehead atoms. The minimum atomic E-state index is 0.334. The topological polar surface area (TPSA) is 30.5 Å². The van der Waals surface area contributed by atoms with Crippen molar-refractivity contribution in [2.24, 2.45) is 0 Å². The molecular weight excluding hydrogens is 130 g/mol. The Bertz CT molecular complexity index is 104. The molecule has 2 heterocycles. The average Bonchev–Trinajstić information content (AvgIpc) is 1.89. The Hall–Kier alpha value is -0.120. The summed E-state index contributed by atoms with van der Waals surface area (Å²) >= 11 is 0. The van der Waals surface area contributed by atoms with Gasteiger partial charge in [-0.3, -0.25) is 0 Å². The van der Waals surface area contributed by atoms with Gasteiger partial charge >= 0.3 is 0 Å². The lowest BCUT2D eigenvalue weighted by molar-refractivity contribution is -0.129. The fourth-order valence-corrected chi connectivity index (χ4v) is 1.34. The van der Waals surface area contributed by atoms with Gasteiger partial charge in [0.05, 0.1) is 25.4 Å². The molecule has 2 unspecified atom stereocenters. The van der Waals surface area contributed by atoms with E-state index in [2.05, 4.69) is 5.32 Å². The second-order valence-electron chi connectivity index (χ2n) is 2.86. The van der Waals surface area contributed by atoms with E-state index in [4.69, 9.17) is 9.47 Å². The molecule has 0 aliphatic carbocycles. The van der Waals surface area contributed by atoms with Gasteiger partial charge in [0.25, 0.3) is 0 Å². The van der Waals surface area contributed by atoms with E-state index in [1.807, 2.05) is 0 Å². The summed E-state index contributed by atoms with van der Waals surface area (Å²) in [6.07, 6.45) is 1.46. The summed E-state index contributed by atoms with van der Waals surface area (Å²) in [4.78, 5) is 0. The minimum absolute atomic E-state index is 0.334. The largest absolute Gasteiger partial charge is 0.379 e. The summed E-state index contributed by atoms with van der Waals surface area (Å²) in [7, 11) is 0. The maximum absolute atomic E-state index is 5.34. The summed E-state index contributed by atoms with van der Waals surface area (Å²) < 4.78 is 10.6. The second-order valence-corrected chi connectivity index (χ2v) is 2.86. The van der Waals surface area contributed by atoms with Gasteiger partial charge in [0.15, 0.2) is 0 Å². The number of rotatable bonds is 0. The van der Waals surface area contributed by atoms with Crippen LogP contribution in [0.4, 0.5) is 0 Å². The number of ether oxygens (including phenoxy) is 2. The van der Waals surface area contributed by atoms with E-state index in [0.29, 0.717) is 12.1 Å². The third kappa shape index (κ3) is 1.17. The van der Waals surface area contributed by atoms with Crippen LogP contribution in [0, 0.1) is 0 Å². The third-order valence-electron chi connectivity index (χ3n) is 2.09. The van der Waals surface area contributed by atoms with Crippen molar-refractivity contribution in [1.82, 2.24) is 5.32 Å². The van der Waals surface area contributed by atoms with E-state index in [-0.39, 0.29) is 0 Å². The summed E-state index contributed by atoms with van der Waals surface area (Å²) in [5.74, 6) is 0. The SMILES string of the molecule is C1CNC2COC2COC1. The van der Waals surface area contributed by atoms with Crippen LogP contribution in [0.3, 0.4) is 0 Å². The van der Waals surface area contributed by atoms with Gasteiger partial charge < -0.3 is 14.8 Å². The van der Waals surface area contributed by atoms with Gasteiger partial charge in [-0.1, -0.05) is 0 Å². The molecule has 3 heteroatoms. The number of fused-ring (bicyclic) bond motifs is 1. The highest BCUT2D eigenvalue weighted by molar-refractivity contribution is 4.85. The fourth-order valence-electron chi connectivity index (χ4n) is 1.34. The van der Waals surface area contributed by atoms with Gasteiger partial charge in [0.1, 0.15) is 0 Å². The number of hydrogen-bond donors (Lipinski definition) is 1. The van der Waals surface area contributed by atoms with Crippen molar-refractivity contribution >= 4 is 0 Å². The lowest BCUT2D eigenvalue weighted by Crippen LogP contribution is -2.57. The first-order valence-corrected chi connectivity index (χ1v) is 3.89. The van der Waals surface area contributed by atoms with Crippen molar-refractivity contribution < 1.29 is 9.47 Å². The van der Waals surface area contributed by atoms with Crippen molar-refractivity contribution in [1.29, 1.82) is 0 Å². The molecule has 0 saturated carbocycles. The van der Waals surface area contributed by atoms with E-state index >= 15 is 0 Å². The predicted octanol–water partition coefficient (Wildman–Crippen LogP) is -0.236. The summed E-state index contributed by atoms with van der Waals surface area (Å²) in [6.45, 7) is 3.59. The zero-order valence-corrected chi connectivity index (χ0v) is 6.01. The molecule has 0 aromatic carbocycles. The van der Waals surface area contributed by atoms with Crippen LogP contribution in [-0.4, -0.2) is 38.5 Å². The predicted molar refractivity (Wildman–Crippen MR) is 37.0 cm³/mol. The van der Waals surface area contributed by atoms with Gasteiger partial charge in [-0.05, 0) is 13.0 Å². The van der Waals surface area contributed by atoms with Crippen LogP contribution >= 0.6 is 0 Å². The molecule has 0 radical (unpaired) electrons. The van der Waals surface area contributed by atoms with Crippen LogP contribution in [0.25, 0.3) is 0 Å². The molecule has 2 aliphatic heterocycles. The normalized spacial score (nSPS) is 40.8. The zero-order valence-electron chi connectivity index (χ0n) is 6.01. The average molecular weight is 143 g/mol. The number of nitrogens with one attached hydrogen (secondary N) is 1. The van der Waals surface area contributed by atoms with Crippen molar-refractivity contribution in [3.8, 4) is 0 Å². The Balaban J connectivity index is 1.83. The molecule has 2 saturated heterocycles. The summed E-state index contributed by atoms with van der Waals surface area (Å²) in [6, 6.07) is 0.570. The van der Waals surface area contributed by atoms with Crippen molar-refractivity contribution in [2.75, 3.05) is 26.4 Å². The zero-order chi connectivity index (χ0) is 6.81. The van der Waals surface area contributed by atoms with Crippen LogP contribution < -0.4 is 5.32 Å². The van der Waals surface area contributed by atoms with Gasteiger partial charge in [0.2, 0.25) is 0 Å². The van der Waals surface area contributed by atoms with Gasteiger partial charge in [-0.25, -0.2) is 0 Å². The summed E-state index contributed by atoms with van der Waals surface area (Å²) in [5, 5.41) is 3.42. The van der Waals surface area contributed by atoms with E-state index < -0.39 is 0 Å². The van der Waals surface area contributed by atoms with Crippen molar-refractivity contribution in [2.45, 2.75) is 18.6 Å². The van der Waals surface area contributed by atoms with Gasteiger partial charge in [-0.2, -0.15) is 0 Å². The Labute approximate surface area is 60.7 Å². The molecule has 0 aromatic rings. The van der Waals surface area contributed by atoms with Crippen LogP contribution in [-0.2, 0) is 9.47 Å². The highest BCUT2D eigenvalue weighted by atomic mass is 16.6. The molecular formula is C7H13NO2. The van der Waals surface area contributed by atoms with Gasteiger partial charge in [0, 0.05) is 6.61 Å². The molecule has 0 amide bonds. The minimum Gasteiger partial charge on any atom is -0.379 e. The van der Waals surface area contributed by atoms with Crippen molar-refractivity contribution in [3.05, 3.63) is 0 Å². The smallest absolute Gasteiger partial charge is 0.0984 e. The van der Waals surface area contributed by atoms with Crippen LogP contribution in [0.15, 0.2) is 0 Å². The molecule has 2 fully saturated rings. The molecule has 0 aromatic heterocycles. The lowest BCUT2D eigenvalue weighted by atomic mass is 10.1. The molecule has 2 aliphatic rings. The van der Waals surface area contributed by atoms with E-state index in [1.54, 1.807) is 0 Å². The molecule has 2 atom stereocenters. The Morgan fingerprint density at radius 3 is 3.10 bits per heavy atom. The second kappa shape index (κ2) is 2.86. The first-order chi connectivity index (χ1) is 4.97. The van der Waals surface area contributed by atoms with Gasteiger partial charge in [-0.15, -0.1) is 0 Å².